The zero-order chi connectivity index (χ0) is 10.8. The molecule has 3 nitrogen and oxygen atoms in total. The third-order valence-electron chi connectivity index (χ3n) is 2.46. The number of methoxy groups -OCH3 is 1. The van der Waals surface area contributed by atoms with Gasteiger partial charge in [-0.25, -0.2) is 8.78 Å². The molecule has 5 heteroatoms. The van der Waals surface area contributed by atoms with Crippen molar-refractivity contribution in [1.82, 2.24) is 4.90 Å². The first-order chi connectivity index (χ1) is 6.48. The molecule has 1 saturated heterocycles. The lowest BCUT2D eigenvalue weighted by atomic mass is 9.95. The fraction of sp³-hybridized carbons (Fsp3) is 0.889. The van der Waals surface area contributed by atoms with E-state index >= 15 is 0 Å². The number of alkyl halides is 2. The van der Waals surface area contributed by atoms with Crippen LogP contribution in [0.1, 0.15) is 13.3 Å². The molecular formula is C9H15F2NO2. The van der Waals surface area contributed by atoms with Crippen LogP contribution in [0.3, 0.4) is 0 Å². The summed E-state index contributed by atoms with van der Waals surface area (Å²) in [6.07, 6.45) is -0.393. The quantitative estimate of drug-likeness (QED) is 0.636. The SMILES string of the molecule is CCN1CC(C(=O)OC)CC(F)(F)C1. The van der Waals surface area contributed by atoms with Crippen LogP contribution in [0.2, 0.25) is 0 Å². The lowest BCUT2D eigenvalue weighted by Crippen LogP contribution is -2.49. The Balaban J connectivity index is 2.65. The van der Waals surface area contributed by atoms with Gasteiger partial charge in [-0.15, -0.1) is 0 Å². The second-order valence-corrected chi connectivity index (χ2v) is 3.61. The first kappa shape index (κ1) is 11.4. The Morgan fingerprint density at radius 1 is 1.64 bits per heavy atom. The summed E-state index contributed by atoms with van der Waals surface area (Å²) >= 11 is 0. The number of hydrogen-bond acceptors (Lipinski definition) is 3. The first-order valence-electron chi connectivity index (χ1n) is 4.66. The highest BCUT2D eigenvalue weighted by molar-refractivity contribution is 5.72. The lowest BCUT2D eigenvalue weighted by Gasteiger charge is -2.35. The molecule has 1 rings (SSSR count). The van der Waals surface area contributed by atoms with Gasteiger partial charge >= 0.3 is 5.97 Å². The van der Waals surface area contributed by atoms with Crippen molar-refractivity contribution in [2.45, 2.75) is 19.3 Å². The van der Waals surface area contributed by atoms with Crippen molar-refractivity contribution in [3.05, 3.63) is 0 Å². The Morgan fingerprint density at radius 2 is 2.29 bits per heavy atom. The van der Waals surface area contributed by atoms with Crippen molar-refractivity contribution >= 4 is 5.97 Å². The molecule has 0 spiro atoms. The number of carbonyl (C=O) groups is 1. The summed E-state index contributed by atoms with van der Waals surface area (Å²) < 4.78 is 30.8. The number of nitrogens with zero attached hydrogens (tertiary/aromatic N) is 1. The number of carbonyl (C=O) groups excluding carboxylic acids is 1. The minimum absolute atomic E-state index is 0.253. The predicted molar refractivity (Wildman–Crippen MR) is 47.2 cm³/mol. The molecule has 0 radical (unpaired) electrons. The number of hydrogen-bond donors (Lipinski definition) is 0. The molecular weight excluding hydrogens is 192 g/mol. The maximum absolute atomic E-state index is 13.1. The number of piperidine rings is 1. The number of esters is 1. The van der Waals surface area contributed by atoms with E-state index in [1.54, 1.807) is 11.8 Å². The number of rotatable bonds is 2. The van der Waals surface area contributed by atoms with Crippen LogP contribution in [-0.2, 0) is 9.53 Å². The molecule has 14 heavy (non-hydrogen) atoms. The van der Waals surface area contributed by atoms with E-state index in [2.05, 4.69) is 4.74 Å². The summed E-state index contributed by atoms with van der Waals surface area (Å²) in [5.41, 5.74) is 0. The van der Waals surface area contributed by atoms with Crippen molar-refractivity contribution in [1.29, 1.82) is 0 Å². The van der Waals surface area contributed by atoms with Crippen LogP contribution in [0.25, 0.3) is 0 Å². The van der Waals surface area contributed by atoms with Crippen LogP contribution < -0.4 is 0 Å². The van der Waals surface area contributed by atoms with Gasteiger partial charge in [0.15, 0.2) is 0 Å². The van der Waals surface area contributed by atoms with Crippen molar-refractivity contribution in [3.63, 3.8) is 0 Å². The van der Waals surface area contributed by atoms with Crippen molar-refractivity contribution in [2.75, 3.05) is 26.7 Å². The van der Waals surface area contributed by atoms with Gasteiger partial charge in [0.05, 0.1) is 19.6 Å². The predicted octanol–water partition coefficient (Wildman–Crippen LogP) is 1.14. The molecule has 1 heterocycles. The molecule has 1 unspecified atom stereocenters. The van der Waals surface area contributed by atoms with E-state index in [1.165, 1.54) is 7.11 Å². The lowest BCUT2D eigenvalue weighted by molar-refractivity contribution is -0.156. The van der Waals surface area contributed by atoms with E-state index in [0.29, 0.717) is 13.1 Å². The molecule has 1 fully saturated rings. The van der Waals surface area contributed by atoms with E-state index in [-0.39, 0.29) is 6.54 Å². The largest absolute Gasteiger partial charge is 0.469 e. The molecule has 0 aromatic rings. The minimum Gasteiger partial charge on any atom is -0.469 e. The second-order valence-electron chi connectivity index (χ2n) is 3.61. The standard InChI is InChI=1S/C9H15F2NO2/c1-3-12-5-7(8(13)14-2)4-9(10,11)6-12/h7H,3-6H2,1-2H3. The molecule has 0 bridgehead atoms. The smallest absolute Gasteiger partial charge is 0.310 e. The van der Waals surface area contributed by atoms with Crippen molar-refractivity contribution < 1.29 is 18.3 Å². The van der Waals surface area contributed by atoms with Gasteiger partial charge in [-0.3, -0.25) is 9.69 Å². The fourth-order valence-electron chi connectivity index (χ4n) is 1.76. The third-order valence-corrected chi connectivity index (χ3v) is 2.46. The topological polar surface area (TPSA) is 29.5 Å². The number of ether oxygens (including phenoxy) is 1. The van der Waals surface area contributed by atoms with E-state index in [4.69, 9.17) is 0 Å². The molecule has 0 aromatic carbocycles. The molecule has 82 valence electrons. The number of halogens is 2. The fourth-order valence-corrected chi connectivity index (χ4v) is 1.76. The summed E-state index contributed by atoms with van der Waals surface area (Å²) in [6, 6.07) is 0. The van der Waals surface area contributed by atoms with Gasteiger partial charge in [-0.2, -0.15) is 0 Å². The highest BCUT2D eigenvalue weighted by atomic mass is 19.3. The van der Waals surface area contributed by atoms with Gasteiger partial charge in [0, 0.05) is 13.0 Å². The molecule has 0 N–H and O–H groups in total. The zero-order valence-electron chi connectivity index (χ0n) is 8.43. The summed E-state index contributed by atoms with van der Waals surface area (Å²) in [4.78, 5) is 12.7. The molecule has 1 atom stereocenters. The monoisotopic (exact) mass is 207 g/mol. The van der Waals surface area contributed by atoms with Crippen molar-refractivity contribution in [3.8, 4) is 0 Å². The molecule has 0 aliphatic carbocycles. The Morgan fingerprint density at radius 3 is 2.79 bits per heavy atom. The first-order valence-corrected chi connectivity index (χ1v) is 4.66. The maximum atomic E-state index is 13.1. The third kappa shape index (κ3) is 2.64. The van der Waals surface area contributed by atoms with Gasteiger partial charge < -0.3 is 4.74 Å². The van der Waals surface area contributed by atoms with E-state index in [1.807, 2.05) is 0 Å². The summed E-state index contributed by atoms with van der Waals surface area (Å²) in [7, 11) is 1.23. The average molecular weight is 207 g/mol. The normalized spacial score (nSPS) is 27.3. The van der Waals surface area contributed by atoms with Gasteiger partial charge in [0.2, 0.25) is 0 Å². The minimum atomic E-state index is -2.77. The van der Waals surface area contributed by atoms with E-state index < -0.39 is 24.2 Å². The zero-order valence-corrected chi connectivity index (χ0v) is 8.43. The Labute approximate surface area is 82.0 Å². The van der Waals surface area contributed by atoms with Gasteiger partial charge in [0.1, 0.15) is 0 Å². The van der Waals surface area contributed by atoms with Crippen molar-refractivity contribution in [2.24, 2.45) is 5.92 Å². The Kier molecular flexibility index (Phi) is 3.42. The van der Waals surface area contributed by atoms with Crippen LogP contribution in [0, 0.1) is 5.92 Å². The van der Waals surface area contributed by atoms with Crippen LogP contribution in [0.4, 0.5) is 8.78 Å². The Bertz CT molecular complexity index is 221. The molecule has 0 aromatic heterocycles. The van der Waals surface area contributed by atoms with Crippen LogP contribution in [0.5, 0.6) is 0 Å². The van der Waals surface area contributed by atoms with Crippen LogP contribution in [0.15, 0.2) is 0 Å². The summed E-state index contributed by atoms with van der Waals surface area (Å²) in [5, 5.41) is 0. The van der Waals surface area contributed by atoms with E-state index in [9.17, 15) is 13.6 Å². The molecule has 1 aliphatic heterocycles. The summed E-state index contributed by atoms with van der Waals surface area (Å²) in [5.74, 6) is -4.00. The average Bonchev–Trinajstić information content (AvgIpc) is 2.14. The highest BCUT2D eigenvalue weighted by Gasteiger charge is 2.42. The Hall–Kier alpha value is -0.710. The van der Waals surface area contributed by atoms with Gasteiger partial charge in [0.25, 0.3) is 5.92 Å². The highest BCUT2D eigenvalue weighted by Crippen LogP contribution is 2.30. The molecule has 0 amide bonds. The summed E-state index contributed by atoms with van der Waals surface area (Å²) in [6.45, 7) is 2.45. The maximum Gasteiger partial charge on any atom is 0.310 e. The van der Waals surface area contributed by atoms with Crippen LogP contribution >= 0.6 is 0 Å². The van der Waals surface area contributed by atoms with Crippen LogP contribution in [-0.4, -0.2) is 43.5 Å². The van der Waals surface area contributed by atoms with Gasteiger partial charge in [-0.05, 0) is 6.54 Å². The second kappa shape index (κ2) is 4.21. The van der Waals surface area contributed by atoms with E-state index in [0.717, 1.165) is 0 Å². The molecule has 0 saturated carbocycles. The van der Waals surface area contributed by atoms with Gasteiger partial charge in [-0.1, -0.05) is 6.92 Å². The molecule has 1 aliphatic rings. The number of likely N-dealkylation sites (tertiary alicyclic amines) is 1.